The second kappa shape index (κ2) is 7.59. The molecular weight excluding hydrogens is 368 g/mol. The van der Waals surface area contributed by atoms with Crippen LogP contribution in [0.15, 0.2) is 44.5 Å². The fraction of sp³-hybridized carbons (Fsp3) is 0.133. The van der Waals surface area contributed by atoms with Gasteiger partial charge in [-0.3, -0.25) is 9.59 Å². The van der Waals surface area contributed by atoms with Crippen molar-refractivity contribution >= 4 is 34.0 Å². The molecule has 0 spiro atoms. The number of nitrogens with one attached hydrogen (secondary N) is 1. The average Bonchev–Trinajstić information content (AvgIpc) is 2.94. The van der Waals surface area contributed by atoms with Crippen LogP contribution in [0.3, 0.4) is 0 Å². The molecule has 0 unspecified atom stereocenters. The van der Waals surface area contributed by atoms with E-state index in [-0.39, 0.29) is 5.76 Å². The van der Waals surface area contributed by atoms with Crippen molar-refractivity contribution in [1.29, 1.82) is 0 Å². The summed E-state index contributed by atoms with van der Waals surface area (Å²) in [7, 11) is 1.46. The number of carbonyl (C=O) groups excluding carboxylic acids is 2. The molecule has 1 aromatic heterocycles. The van der Waals surface area contributed by atoms with Crippen molar-refractivity contribution in [3.05, 3.63) is 46.3 Å². The highest BCUT2D eigenvalue weighted by molar-refractivity contribution is 9.10. The summed E-state index contributed by atoms with van der Waals surface area (Å²) in [5, 5.41) is 3.83. The predicted octanol–water partition coefficient (Wildman–Crippen LogP) is 2.74. The minimum atomic E-state index is -0.476. The third-order valence-corrected chi connectivity index (χ3v) is 3.04. The highest BCUT2D eigenvalue weighted by Gasteiger charge is 2.09. The van der Waals surface area contributed by atoms with Crippen LogP contribution in [0.5, 0.6) is 11.5 Å². The molecular formula is C15H13BrN2O5. The molecule has 2 aromatic rings. The normalized spacial score (nSPS) is 10.6. The molecule has 0 fully saturated rings. The summed E-state index contributed by atoms with van der Waals surface area (Å²) < 4.78 is 15.7. The Morgan fingerprint density at radius 3 is 2.65 bits per heavy atom. The number of nitrogens with zero attached hydrogens (tertiary/aromatic N) is 1. The molecule has 23 heavy (non-hydrogen) atoms. The quantitative estimate of drug-likeness (QED) is 0.372. The van der Waals surface area contributed by atoms with Gasteiger partial charge in [0.1, 0.15) is 0 Å². The Kier molecular flexibility index (Phi) is 5.53. The van der Waals surface area contributed by atoms with Crippen LogP contribution in [0, 0.1) is 0 Å². The second-order valence-electron chi connectivity index (χ2n) is 4.31. The summed E-state index contributed by atoms with van der Waals surface area (Å²) >= 11 is 3.11. The largest absolute Gasteiger partial charge is 0.493 e. The Morgan fingerprint density at radius 1 is 1.26 bits per heavy atom. The number of carbonyl (C=O) groups is 2. The standard InChI is InChI=1S/C15H13BrN2O5/c1-9(19)22-11-4-3-10(7-13(11)21-2)8-17-18-15(20)12-5-6-14(16)23-12/h3-8H,1-2H3,(H,18,20). The van der Waals surface area contributed by atoms with E-state index in [2.05, 4.69) is 26.5 Å². The minimum absolute atomic E-state index is 0.136. The molecule has 1 amide bonds. The Hall–Kier alpha value is -2.61. The smallest absolute Gasteiger partial charge is 0.308 e. The Morgan fingerprint density at radius 2 is 2.04 bits per heavy atom. The number of methoxy groups -OCH3 is 1. The van der Waals surface area contributed by atoms with Crippen LogP contribution in [0.4, 0.5) is 0 Å². The number of esters is 1. The van der Waals surface area contributed by atoms with Gasteiger partial charge in [-0.2, -0.15) is 5.10 Å². The first-order valence-electron chi connectivity index (χ1n) is 6.45. The molecule has 0 atom stereocenters. The van der Waals surface area contributed by atoms with Gasteiger partial charge >= 0.3 is 11.9 Å². The molecule has 0 aliphatic rings. The van der Waals surface area contributed by atoms with Crippen molar-refractivity contribution in [2.45, 2.75) is 6.92 Å². The minimum Gasteiger partial charge on any atom is -0.493 e. The fourth-order valence-corrected chi connectivity index (χ4v) is 1.97. The third-order valence-electron chi connectivity index (χ3n) is 2.62. The Balaban J connectivity index is 2.04. The van der Waals surface area contributed by atoms with Gasteiger partial charge in [0.15, 0.2) is 21.9 Å². The van der Waals surface area contributed by atoms with E-state index < -0.39 is 11.9 Å². The lowest BCUT2D eigenvalue weighted by atomic mass is 10.2. The molecule has 120 valence electrons. The molecule has 0 radical (unpaired) electrons. The van der Waals surface area contributed by atoms with Gasteiger partial charge in [0, 0.05) is 6.92 Å². The maximum absolute atomic E-state index is 11.7. The van der Waals surface area contributed by atoms with Gasteiger partial charge in [-0.05, 0) is 51.8 Å². The third kappa shape index (κ3) is 4.68. The zero-order valence-corrected chi connectivity index (χ0v) is 13.9. The Bertz CT molecular complexity index is 754. The molecule has 0 aliphatic carbocycles. The zero-order valence-electron chi connectivity index (χ0n) is 12.3. The second-order valence-corrected chi connectivity index (χ2v) is 5.09. The number of ether oxygens (including phenoxy) is 2. The van der Waals surface area contributed by atoms with E-state index in [1.165, 1.54) is 26.3 Å². The van der Waals surface area contributed by atoms with Gasteiger partial charge in [-0.15, -0.1) is 0 Å². The van der Waals surface area contributed by atoms with E-state index >= 15 is 0 Å². The zero-order chi connectivity index (χ0) is 16.8. The van der Waals surface area contributed by atoms with Crippen LogP contribution in [-0.2, 0) is 4.79 Å². The molecule has 2 rings (SSSR count). The van der Waals surface area contributed by atoms with Crippen LogP contribution in [0.2, 0.25) is 0 Å². The van der Waals surface area contributed by atoms with Crippen molar-refractivity contribution < 1.29 is 23.5 Å². The number of rotatable bonds is 5. The SMILES string of the molecule is COc1cc(C=NNC(=O)c2ccc(Br)o2)ccc1OC(C)=O. The highest BCUT2D eigenvalue weighted by Crippen LogP contribution is 2.27. The van der Waals surface area contributed by atoms with Gasteiger partial charge in [-0.25, -0.2) is 5.43 Å². The van der Waals surface area contributed by atoms with Crippen LogP contribution in [0.1, 0.15) is 23.0 Å². The summed E-state index contributed by atoms with van der Waals surface area (Å²) in [4.78, 5) is 22.7. The van der Waals surface area contributed by atoms with Crippen molar-refractivity contribution in [2.75, 3.05) is 7.11 Å². The number of furan rings is 1. The number of halogens is 1. The number of hydrogen-bond donors (Lipinski definition) is 1. The van der Waals surface area contributed by atoms with E-state index in [4.69, 9.17) is 13.9 Å². The summed E-state index contributed by atoms with van der Waals surface area (Å²) in [6.07, 6.45) is 1.43. The van der Waals surface area contributed by atoms with Crippen molar-refractivity contribution in [2.24, 2.45) is 5.10 Å². The molecule has 1 N–H and O–H groups in total. The molecule has 8 heteroatoms. The van der Waals surface area contributed by atoms with Gasteiger partial charge in [0.25, 0.3) is 0 Å². The fourth-order valence-electron chi connectivity index (χ4n) is 1.66. The van der Waals surface area contributed by atoms with Crippen LogP contribution in [0.25, 0.3) is 0 Å². The van der Waals surface area contributed by atoms with Gasteiger partial charge in [0.05, 0.1) is 13.3 Å². The molecule has 7 nitrogen and oxygen atoms in total. The lowest BCUT2D eigenvalue weighted by Crippen LogP contribution is -2.16. The van der Waals surface area contributed by atoms with Gasteiger partial charge < -0.3 is 13.9 Å². The number of amides is 1. The number of benzene rings is 1. The van der Waals surface area contributed by atoms with Crippen LogP contribution < -0.4 is 14.9 Å². The summed E-state index contributed by atoms with van der Waals surface area (Å²) in [5.41, 5.74) is 2.99. The first kappa shape index (κ1) is 16.8. The van der Waals surface area contributed by atoms with Crippen LogP contribution in [-0.4, -0.2) is 25.2 Å². The molecule has 0 saturated heterocycles. The van der Waals surface area contributed by atoms with Gasteiger partial charge in [0.2, 0.25) is 0 Å². The average molecular weight is 381 g/mol. The molecule has 1 aromatic carbocycles. The van der Waals surface area contributed by atoms with Crippen molar-refractivity contribution in [3.63, 3.8) is 0 Å². The first-order chi connectivity index (χ1) is 11.0. The topological polar surface area (TPSA) is 90.1 Å². The monoisotopic (exact) mass is 380 g/mol. The summed E-state index contributed by atoms with van der Waals surface area (Å²) in [6, 6.07) is 7.99. The van der Waals surface area contributed by atoms with E-state index in [0.717, 1.165) is 0 Å². The van der Waals surface area contributed by atoms with Gasteiger partial charge in [-0.1, -0.05) is 0 Å². The van der Waals surface area contributed by atoms with E-state index in [1.54, 1.807) is 24.3 Å². The Labute approximate surface area is 140 Å². The predicted molar refractivity (Wildman–Crippen MR) is 85.8 cm³/mol. The molecule has 0 bridgehead atoms. The highest BCUT2D eigenvalue weighted by atomic mass is 79.9. The number of hydrogen-bond acceptors (Lipinski definition) is 6. The van der Waals surface area contributed by atoms with Crippen LogP contribution >= 0.6 is 15.9 Å². The number of hydrazone groups is 1. The first-order valence-corrected chi connectivity index (χ1v) is 7.24. The van der Waals surface area contributed by atoms with Crippen molar-refractivity contribution in [3.8, 4) is 11.5 Å². The molecule has 0 saturated carbocycles. The molecule has 1 heterocycles. The maximum Gasteiger partial charge on any atom is 0.308 e. The molecule has 0 aliphatic heterocycles. The summed E-state index contributed by atoms with van der Waals surface area (Å²) in [5.74, 6) is -0.0964. The maximum atomic E-state index is 11.7. The lowest BCUT2D eigenvalue weighted by molar-refractivity contribution is -0.132. The summed E-state index contributed by atoms with van der Waals surface area (Å²) in [6.45, 7) is 1.30. The van der Waals surface area contributed by atoms with E-state index in [0.29, 0.717) is 21.7 Å². The van der Waals surface area contributed by atoms with E-state index in [1.807, 2.05) is 0 Å². The van der Waals surface area contributed by atoms with Crippen molar-refractivity contribution in [1.82, 2.24) is 5.43 Å². The lowest BCUT2D eigenvalue weighted by Gasteiger charge is -2.08. The van der Waals surface area contributed by atoms with E-state index in [9.17, 15) is 9.59 Å².